The molecule has 16 heavy (non-hydrogen) atoms. The van der Waals surface area contributed by atoms with Gasteiger partial charge in [0.15, 0.2) is 5.13 Å². The molecule has 2 rings (SSSR count). The largest absolute Gasteiger partial charge is 0.298 e. The molecule has 0 aliphatic rings. The number of amides is 1. The molecule has 0 radical (unpaired) electrons. The minimum atomic E-state index is -0.319. The first kappa shape index (κ1) is 11.3. The summed E-state index contributed by atoms with van der Waals surface area (Å²) < 4.78 is 0. The first-order chi connectivity index (χ1) is 7.66. The Kier molecular flexibility index (Phi) is 3.38. The minimum absolute atomic E-state index is 0.174. The predicted octanol–water partition coefficient (Wildman–Crippen LogP) is 3.10. The van der Waals surface area contributed by atoms with E-state index in [2.05, 4.69) is 15.3 Å². The summed E-state index contributed by atoms with van der Waals surface area (Å²) in [5.41, 5.74) is 0.338. The standard InChI is InChI=1S/C9H5Cl2N3OS/c10-6-3-5(4-13-7(6)11)8(15)14-9-12-1-2-16-9/h1-4H,(H,12,14,15). The molecule has 0 aliphatic heterocycles. The van der Waals surface area contributed by atoms with Crippen molar-refractivity contribution < 1.29 is 4.79 Å². The first-order valence-electron chi connectivity index (χ1n) is 4.18. The van der Waals surface area contributed by atoms with Gasteiger partial charge in [-0.2, -0.15) is 0 Å². The van der Waals surface area contributed by atoms with Crippen molar-refractivity contribution in [2.75, 3.05) is 5.32 Å². The van der Waals surface area contributed by atoms with Gasteiger partial charge in [-0.1, -0.05) is 23.2 Å². The fraction of sp³-hybridized carbons (Fsp3) is 0. The lowest BCUT2D eigenvalue weighted by molar-refractivity contribution is 0.102. The number of rotatable bonds is 2. The van der Waals surface area contributed by atoms with Crippen LogP contribution in [-0.4, -0.2) is 15.9 Å². The molecule has 2 aromatic rings. The molecule has 0 fully saturated rings. The van der Waals surface area contributed by atoms with Gasteiger partial charge in [0, 0.05) is 17.8 Å². The Bertz CT molecular complexity index is 515. The van der Waals surface area contributed by atoms with Crippen LogP contribution >= 0.6 is 34.5 Å². The van der Waals surface area contributed by atoms with Crippen molar-refractivity contribution in [1.82, 2.24) is 9.97 Å². The summed E-state index contributed by atoms with van der Waals surface area (Å²) >= 11 is 12.7. The third-order valence-corrected chi connectivity index (χ3v) is 3.09. The number of thiazole rings is 1. The zero-order valence-corrected chi connectivity index (χ0v) is 10.1. The Morgan fingerprint density at radius 3 is 2.81 bits per heavy atom. The molecule has 0 aliphatic carbocycles. The van der Waals surface area contributed by atoms with Gasteiger partial charge >= 0.3 is 0 Å². The predicted molar refractivity (Wildman–Crippen MR) is 64.3 cm³/mol. The summed E-state index contributed by atoms with van der Waals surface area (Å²) in [6.07, 6.45) is 2.96. The van der Waals surface area contributed by atoms with E-state index < -0.39 is 0 Å². The fourth-order valence-electron chi connectivity index (χ4n) is 1.000. The van der Waals surface area contributed by atoms with Crippen LogP contribution in [0.4, 0.5) is 5.13 Å². The third kappa shape index (κ3) is 2.49. The number of nitrogens with zero attached hydrogens (tertiary/aromatic N) is 2. The number of carbonyl (C=O) groups is 1. The molecular formula is C9H5Cl2N3OS. The molecule has 0 aromatic carbocycles. The van der Waals surface area contributed by atoms with Gasteiger partial charge in [-0.05, 0) is 6.07 Å². The lowest BCUT2D eigenvalue weighted by Gasteiger charge is -2.02. The second kappa shape index (κ2) is 4.78. The lowest BCUT2D eigenvalue weighted by atomic mass is 10.3. The highest BCUT2D eigenvalue weighted by Gasteiger charge is 2.10. The van der Waals surface area contributed by atoms with Crippen molar-refractivity contribution in [1.29, 1.82) is 0 Å². The van der Waals surface area contributed by atoms with Crippen molar-refractivity contribution in [2.45, 2.75) is 0 Å². The quantitative estimate of drug-likeness (QED) is 0.856. The zero-order valence-electron chi connectivity index (χ0n) is 7.78. The molecule has 0 saturated carbocycles. The summed E-state index contributed by atoms with van der Waals surface area (Å²) in [6, 6.07) is 1.46. The normalized spacial score (nSPS) is 10.1. The highest BCUT2D eigenvalue weighted by molar-refractivity contribution is 7.13. The Morgan fingerprint density at radius 2 is 2.19 bits per heavy atom. The summed E-state index contributed by atoms with van der Waals surface area (Å²) in [4.78, 5) is 19.4. The lowest BCUT2D eigenvalue weighted by Crippen LogP contribution is -2.11. The Labute approximate surface area is 105 Å². The van der Waals surface area contributed by atoms with Crippen molar-refractivity contribution in [2.24, 2.45) is 0 Å². The van der Waals surface area contributed by atoms with E-state index in [-0.39, 0.29) is 16.1 Å². The van der Waals surface area contributed by atoms with E-state index in [0.717, 1.165) is 0 Å². The SMILES string of the molecule is O=C(Nc1nccs1)c1cnc(Cl)c(Cl)c1. The molecule has 4 nitrogen and oxygen atoms in total. The maximum Gasteiger partial charge on any atom is 0.259 e. The van der Waals surface area contributed by atoms with Crippen LogP contribution in [0.25, 0.3) is 0 Å². The highest BCUT2D eigenvalue weighted by atomic mass is 35.5. The van der Waals surface area contributed by atoms with E-state index in [4.69, 9.17) is 23.2 Å². The smallest absolute Gasteiger partial charge is 0.259 e. The Hall–Kier alpha value is -1.17. The van der Waals surface area contributed by atoms with Gasteiger partial charge in [0.1, 0.15) is 5.15 Å². The average Bonchev–Trinajstić information content (AvgIpc) is 2.74. The average molecular weight is 274 g/mol. The van der Waals surface area contributed by atoms with Crippen LogP contribution in [0.5, 0.6) is 0 Å². The van der Waals surface area contributed by atoms with Gasteiger partial charge in [0.2, 0.25) is 0 Å². The molecule has 2 aromatic heterocycles. The molecule has 0 spiro atoms. The zero-order chi connectivity index (χ0) is 11.5. The molecule has 1 N–H and O–H groups in total. The molecule has 0 unspecified atom stereocenters. The van der Waals surface area contributed by atoms with Gasteiger partial charge in [0.05, 0.1) is 10.6 Å². The minimum Gasteiger partial charge on any atom is -0.298 e. The summed E-state index contributed by atoms with van der Waals surface area (Å²) in [6.45, 7) is 0. The Morgan fingerprint density at radius 1 is 1.38 bits per heavy atom. The molecule has 0 bridgehead atoms. The van der Waals surface area contributed by atoms with Crippen molar-refractivity contribution in [3.63, 3.8) is 0 Å². The molecular weight excluding hydrogens is 269 g/mol. The van der Waals surface area contributed by atoms with Crippen LogP contribution in [0.2, 0.25) is 10.2 Å². The number of halogens is 2. The summed E-state index contributed by atoms with van der Waals surface area (Å²) in [7, 11) is 0. The second-order valence-electron chi connectivity index (χ2n) is 2.79. The number of pyridine rings is 1. The molecule has 2 heterocycles. The number of hydrogen-bond donors (Lipinski definition) is 1. The molecule has 82 valence electrons. The topological polar surface area (TPSA) is 54.9 Å². The van der Waals surface area contributed by atoms with E-state index in [0.29, 0.717) is 10.7 Å². The van der Waals surface area contributed by atoms with E-state index in [1.807, 2.05) is 0 Å². The number of carbonyl (C=O) groups excluding carboxylic acids is 1. The van der Waals surface area contributed by atoms with Gasteiger partial charge in [-0.25, -0.2) is 9.97 Å². The third-order valence-electron chi connectivity index (χ3n) is 1.71. The molecule has 7 heteroatoms. The fourth-order valence-corrected chi connectivity index (χ4v) is 1.79. The van der Waals surface area contributed by atoms with E-state index in [9.17, 15) is 4.79 Å². The van der Waals surface area contributed by atoms with E-state index in [1.165, 1.54) is 23.6 Å². The van der Waals surface area contributed by atoms with Gasteiger partial charge in [-0.15, -0.1) is 11.3 Å². The van der Waals surface area contributed by atoms with Crippen molar-refractivity contribution in [3.8, 4) is 0 Å². The van der Waals surface area contributed by atoms with Gasteiger partial charge < -0.3 is 0 Å². The number of nitrogens with one attached hydrogen (secondary N) is 1. The second-order valence-corrected chi connectivity index (χ2v) is 4.45. The van der Waals surface area contributed by atoms with E-state index in [1.54, 1.807) is 11.6 Å². The number of aromatic nitrogens is 2. The molecule has 1 amide bonds. The highest BCUT2D eigenvalue weighted by Crippen LogP contribution is 2.20. The molecule has 0 saturated heterocycles. The van der Waals surface area contributed by atoms with E-state index >= 15 is 0 Å². The first-order valence-corrected chi connectivity index (χ1v) is 5.82. The van der Waals surface area contributed by atoms with Crippen molar-refractivity contribution in [3.05, 3.63) is 39.6 Å². The number of anilines is 1. The van der Waals surface area contributed by atoms with Crippen LogP contribution in [0.15, 0.2) is 23.8 Å². The van der Waals surface area contributed by atoms with Crippen molar-refractivity contribution >= 4 is 45.6 Å². The summed E-state index contributed by atoms with van der Waals surface area (Å²) in [5, 5.41) is 5.32. The van der Waals surface area contributed by atoms with Crippen LogP contribution in [-0.2, 0) is 0 Å². The molecule has 0 atom stereocenters. The van der Waals surface area contributed by atoms with Crippen LogP contribution in [0.3, 0.4) is 0 Å². The summed E-state index contributed by atoms with van der Waals surface area (Å²) in [5.74, 6) is -0.319. The maximum absolute atomic E-state index is 11.7. The number of hydrogen-bond acceptors (Lipinski definition) is 4. The monoisotopic (exact) mass is 273 g/mol. The maximum atomic E-state index is 11.7. The van der Waals surface area contributed by atoms with Gasteiger partial charge in [0.25, 0.3) is 5.91 Å². The van der Waals surface area contributed by atoms with Crippen LogP contribution in [0, 0.1) is 0 Å². The van der Waals surface area contributed by atoms with Crippen LogP contribution < -0.4 is 5.32 Å². The Balaban J connectivity index is 2.18. The van der Waals surface area contributed by atoms with Crippen LogP contribution in [0.1, 0.15) is 10.4 Å². The van der Waals surface area contributed by atoms with Gasteiger partial charge in [-0.3, -0.25) is 10.1 Å².